The lowest BCUT2D eigenvalue weighted by molar-refractivity contribution is -0.115. The number of anilines is 1. The minimum atomic E-state index is -0.414. The Kier molecular flexibility index (Phi) is 6.25. The lowest BCUT2D eigenvalue weighted by Gasteiger charge is -2.12. The van der Waals surface area contributed by atoms with Crippen LogP contribution < -0.4 is 10.9 Å². The van der Waals surface area contributed by atoms with E-state index < -0.39 is 5.25 Å². The van der Waals surface area contributed by atoms with Gasteiger partial charge in [-0.2, -0.15) is 0 Å². The number of fused-ring (bicyclic) bond motifs is 1. The van der Waals surface area contributed by atoms with E-state index in [1.807, 2.05) is 60.8 Å². The predicted octanol–water partition coefficient (Wildman–Crippen LogP) is 5.64. The number of nitrogens with zero attached hydrogens (tertiary/aromatic N) is 1. The molecule has 0 aliphatic carbocycles. The predicted molar refractivity (Wildman–Crippen MR) is 130 cm³/mol. The highest BCUT2D eigenvalue weighted by Gasteiger charge is 2.18. The fourth-order valence-electron chi connectivity index (χ4n) is 3.22. The van der Waals surface area contributed by atoms with Crippen LogP contribution in [0.4, 0.5) is 5.69 Å². The van der Waals surface area contributed by atoms with Crippen LogP contribution in [0, 0.1) is 6.92 Å². The van der Waals surface area contributed by atoms with Gasteiger partial charge in [0.2, 0.25) is 5.91 Å². The van der Waals surface area contributed by atoms with Crippen molar-refractivity contribution in [1.82, 2.24) is 9.97 Å². The third-order valence-corrected chi connectivity index (χ3v) is 6.93. The van der Waals surface area contributed by atoms with E-state index >= 15 is 0 Å². The lowest BCUT2D eigenvalue weighted by atomic mass is 10.1. The maximum Gasteiger partial charge on any atom is 0.260 e. The van der Waals surface area contributed by atoms with E-state index in [-0.39, 0.29) is 11.5 Å². The van der Waals surface area contributed by atoms with E-state index in [9.17, 15) is 9.59 Å². The van der Waals surface area contributed by atoms with E-state index in [0.29, 0.717) is 15.4 Å². The summed E-state index contributed by atoms with van der Waals surface area (Å²) in [5.41, 5.74) is 4.83. The Morgan fingerprint density at radius 1 is 1.16 bits per heavy atom. The standard InChI is InChI=1S/C24H23N3O2S2/c1-4-16-7-11-18(12-8-16)25-21(28)15(3)31-24-26-22(29)20-19(13-30-23(20)27-24)17-9-5-14(2)6-10-17/h5-13,15H,4H2,1-3H3,(H,25,28)(H,26,27,29). The third kappa shape index (κ3) is 4.73. The number of hydrogen-bond acceptors (Lipinski definition) is 5. The second-order valence-corrected chi connectivity index (χ2v) is 9.55. The summed E-state index contributed by atoms with van der Waals surface area (Å²) in [6, 6.07) is 15.9. The van der Waals surface area contributed by atoms with Crippen molar-refractivity contribution < 1.29 is 4.79 Å². The van der Waals surface area contributed by atoms with Crippen LogP contribution in [-0.4, -0.2) is 21.1 Å². The maximum atomic E-state index is 12.8. The topological polar surface area (TPSA) is 74.8 Å². The highest BCUT2D eigenvalue weighted by Crippen LogP contribution is 2.32. The molecule has 158 valence electrons. The number of aryl methyl sites for hydroxylation is 2. The Balaban J connectivity index is 1.52. The molecule has 0 spiro atoms. The molecule has 2 heterocycles. The largest absolute Gasteiger partial charge is 0.325 e. The van der Waals surface area contributed by atoms with Gasteiger partial charge in [-0.15, -0.1) is 11.3 Å². The van der Waals surface area contributed by atoms with E-state index in [1.165, 1.54) is 34.2 Å². The highest BCUT2D eigenvalue weighted by atomic mass is 32.2. The van der Waals surface area contributed by atoms with Gasteiger partial charge in [-0.05, 0) is 43.5 Å². The van der Waals surface area contributed by atoms with Gasteiger partial charge in [0.1, 0.15) is 4.83 Å². The summed E-state index contributed by atoms with van der Waals surface area (Å²) >= 11 is 2.68. The summed E-state index contributed by atoms with van der Waals surface area (Å²) in [5, 5.41) is 5.50. The highest BCUT2D eigenvalue weighted by molar-refractivity contribution is 8.00. The number of H-pyrrole nitrogens is 1. The van der Waals surface area contributed by atoms with Crippen molar-refractivity contribution in [2.24, 2.45) is 0 Å². The number of aromatic nitrogens is 2. The molecule has 4 rings (SSSR count). The summed E-state index contributed by atoms with van der Waals surface area (Å²) in [7, 11) is 0. The van der Waals surface area contributed by atoms with Crippen LogP contribution in [0.25, 0.3) is 21.3 Å². The van der Waals surface area contributed by atoms with E-state index in [2.05, 4.69) is 22.2 Å². The number of hydrogen-bond donors (Lipinski definition) is 2. The van der Waals surface area contributed by atoms with E-state index in [0.717, 1.165) is 23.2 Å². The van der Waals surface area contributed by atoms with Gasteiger partial charge >= 0.3 is 0 Å². The van der Waals surface area contributed by atoms with Gasteiger partial charge in [0.15, 0.2) is 5.16 Å². The first-order valence-corrected chi connectivity index (χ1v) is 11.9. The average molecular weight is 450 g/mol. The molecule has 2 aromatic carbocycles. The Labute approximate surface area is 188 Å². The fourth-order valence-corrected chi connectivity index (χ4v) is 5.02. The van der Waals surface area contributed by atoms with Crippen molar-refractivity contribution in [2.45, 2.75) is 37.6 Å². The first kappa shape index (κ1) is 21.3. The van der Waals surface area contributed by atoms with Gasteiger partial charge in [0.25, 0.3) is 5.56 Å². The van der Waals surface area contributed by atoms with Crippen molar-refractivity contribution >= 4 is 44.9 Å². The summed E-state index contributed by atoms with van der Waals surface area (Å²) in [5.74, 6) is -0.136. The number of thiophene rings is 1. The molecule has 2 aromatic heterocycles. The Hall–Kier alpha value is -2.90. The monoisotopic (exact) mass is 449 g/mol. The number of nitrogens with one attached hydrogen (secondary N) is 2. The summed E-state index contributed by atoms with van der Waals surface area (Å²) in [6.07, 6.45) is 0.955. The Bertz CT molecular complexity index is 1280. The molecule has 0 fully saturated rings. The van der Waals surface area contributed by atoms with Gasteiger partial charge in [-0.3, -0.25) is 9.59 Å². The Morgan fingerprint density at radius 2 is 1.87 bits per heavy atom. The maximum absolute atomic E-state index is 12.8. The molecular weight excluding hydrogens is 426 g/mol. The van der Waals surface area contributed by atoms with Crippen LogP contribution in [-0.2, 0) is 11.2 Å². The van der Waals surface area contributed by atoms with Crippen molar-refractivity contribution in [3.63, 3.8) is 0 Å². The molecule has 1 atom stereocenters. The van der Waals surface area contributed by atoms with Crippen molar-refractivity contribution in [3.05, 3.63) is 75.4 Å². The first-order chi connectivity index (χ1) is 14.9. The number of carbonyl (C=O) groups excluding carboxylic acids is 1. The number of aromatic amines is 1. The van der Waals surface area contributed by atoms with Gasteiger partial charge in [0, 0.05) is 16.6 Å². The van der Waals surface area contributed by atoms with Crippen LogP contribution in [0.5, 0.6) is 0 Å². The first-order valence-electron chi connectivity index (χ1n) is 10.1. The quantitative estimate of drug-likeness (QED) is 0.295. The second kappa shape index (κ2) is 9.08. The minimum absolute atomic E-state index is 0.136. The molecule has 0 radical (unpaired) electrons. The fraction of sp³-hybridized carbons (Fsp3) is 0.208. The van der Waals surface area contributed by atoms with Gasteiger partial charge in [-0.1, -0.05) is 60.6 Å². The number of rotatable bonds is 6. The number of amides is 1. The molecule has 5 nitrogen and oxygen atoms in total. The molecule has 7 heteroatoms. The van der Waals surface area contributed by atoms with Crippen molar-refractivity contribution in [1.29, 1.82) is 0 Å². The Morgan fingerprint density at radius 3 is 2.55 bits per heavy atom. The SMILES string of the molecule is CCc1ccc(NC(=O)C(C)Sc2nc3scc(-c4ccc(C)cc4)c3c(=O)[nH]2)cc1. The van der Waals surface area contributed by atoms with Crippen LogP contribution in [0.1, 0.15) is 25.0 Å². The molecule has 0 aliphatic rings. The summed E-state index contributed by atoms with van der Waals surface area (Å²) in [6.45, 7) is 5.93. The molecule has 0 bridgehead atoms. The third-order valence-electron chi connectivity index (χ3n) is 5.07. The molecule has 0 aliphatic heterocycles. The smallest absolute Gasteiger partial charge is 0.260 e. The van der Waals surface area contributed by atoms with Gasteiger partial charge in [0.05, 0.1) is 10.6 Å². The zero-order chi connectivity index (χ0) is 22.0. The molecule has 1 unspecified atom stereocenters. The van der Waals surface area contributed by atoms with Crippen LogP contribution in [0.3, 0.4) is 0 Å². The van der Waals surface area contributed by atoms with Gasteiger partial charge < -0.3 is 10.3 Å². The lowest BCUT2D eigenvalue weighted by Crippen LogP contribution is -2.23. The molecule has 31 heavy (non-hydrogen) atoms. The van der Waals surface area contributed by atoms with Crippen LogP contribution in [0.15, 0.2) is 63.9 Å². The van der Waals surface area contributed by atoms with Crippen molar-refractivity contribution in [2.75, 3.05) is 5.32 Å². The molecule has 1 amide bonds. The second-order valence-electron chi connectivity index (χ2n) is 7.37. The number of carbonyl (C=O) groups is 1. The number of thioether (sulfide) groups is 1. The molecule has 4 aromatic rings. The molecule has 0 saturated heterocycles. The normalized spacial score (nSPS) is 12.1. The minimum Gasteiger partial charge on any atom is -0.325 e. The summed E-state index contributed by atoms with van der Waals surface area (Å²) < 4.78 is 0. The van der Waals surface area contributed by atoms with E-state index in [1.54, 1.807) is 6.92 Å². The molecular formula is C24H23N3O2S2. The van der Waals surface area contributed by atoms with Crippen LogP contribution in [0.2, 0.25) is 0 Å². The summed E-state index contributed by atoms with van der Waals surface area (Å²) in [4.78, 5) is 33.5. The number of benzene rings is 2. The molecule has 2 N–H and O–H groups in total. The zero-order valence-corrected chi connectivity index (χ0v) is 19.2. The van der Waals surface area contributed by atoms with E-state index in [4.69, 9.17) is 0 Å². The van der Waals surface area contributed by atoms with Crippen molar-refractivity contribution in [3.8, 4) is 11.1 Å². The zero-order valence-electron chi connectivity index (χ0n) is 17.6. The van der Waals surface area contributed by atoms with Gasteiger partial charge in [-0.25, -0.2) is 4.98 Å². The van der Waals surface area contributed by atoms with Crippen LogP contribution >= 0.6 is 23.1 Å². The molecule has 0 saturated carbocycles. The average Bonchev–Trinajstić information content (AvgIpc) is 3.19.